The molecule has 0 aliphatic heterocycles. The van der Waals surface area contributed by atoms with Gasteiger partial charge in [-0.3, -0.25) is 4.79 Å². The second kappa shape index (κ2) is 5.09. The maximum Gasteiger partial charge on any atom is 0.281 e. The molecule has 106 valence electrons. The first kappa shape index (κ1) is 14.3. The van der Waals surface area contributed by atoms with E-state index in [4.69, 9.17) is 0 Å². The number of hydrogen-bond acceptors (Lipinski definition) is 3. The van der Waals surface area contributed by atoms with Crippen molar-refractivity contribution in [3.05, 3.63) is 47.9 Å². The minimum absolute atomic E-state index is 0.203. The van der Waals surface area contributed by atoms with Crippen molar-refractivity contribution < 1.29 is 17.6 Å². The fourth-order valence-electron chi connectivity index (χ4n) is 1.87. The molecule has 0 saturated carbocycles. The summed E-state index contributed by atoms with van der Waals surface area (Å²) in [6, 6.07) is 8.99. The van der Waals surface area contributed by atoms with Crippen LogP contribution < -0.4 is 4.72 Å². The van der Waals surface area contributed by atoms with Gasteiger partial charge in [-0.15, -0.1) is 0 Å². The summed E-state index contributed by atoms with van der Waals surface area (Å²) in [4.78, 5) is 11.8. The molecule has 20 heavy (non-hydrogen) atoms. The molecular formula is C13H13FN2O3S. The summed E-state index contributed by atoms with van der Waals surface area (Å²) >= 11 is 0. The average Bonchev–Trinajstić information content (AvgIpc) is 2.70. The van der Waals surface area contributed by atoms with Crippen molar-refractivity contribution in [2.24, 2.45) is 7.05 Å². The summed E-state index contributed by atoms with van der Waals surface area (Å²) in [7, 11) is -1.98. The van der Waals surface area contributed by atoms with E-state index in [1.54, 1.807) is 29.8 Å². The molecule has 1 aromatic heterocycles. The molecule has 1 aromatic carbocycles. The van der Waals surface area contributed by atoms with Gasteiger partial charge < -0.3 is 4.57 Å². The van der Waals surface area contributed by atoms with Crippen LogP contribution in [0.4, 0.5) is 4.39 Å². The van der Waals surface area contributed by atoms with Crippen LogP contribution >= 0.6 is 0 Å². The molecule has 1 N–H and O–H groups in total. The third-order valence-corrected chi connectivity index (χ3v) is 3.33. The summed E-state index contributed by atoms with van der Waals surface area (Å²) in [5, 5.41) is 0. The van der Waals surface area contributed by atoms with Gasteiger partial charge in [0, 0.05) is 12.7 Å². The van der Waals surface area contributed by atoms with Gasteiger partial charge in [-0.1, -0.05) is 0 Å². The number of nitrogens with zero attached hydrogens (tertiary/aromatic N) is 1. The summed E-state index contributed by atoms with van der Waals surface area (Å²) in [6.45, 7) is 0. The van der Waals surface area contributed by atoms with E-state index in [1.807, 2.05) is 4.72 Å². The van der Waals surface area contributed by atoms with Crippen molar-refractivity contribution in [3.63, 3.8) is 0 Å². The zero-order chi connectivity index (χ0) is 14.9. The molecule has 0 atom stereocenters. The zero-order valence-electron chi connectivity index (χ0n) is 10.9. The largest absolute Gasteiger partial charge is 0.340 e. The number of nitrogens with one attached hydrogen (secondary N) is 1. The number of aromatic nitrogens is 1. The number of carbonyl (C=O) groups excluding carboxylic acids is 1. The molecule has 2 aromatic rings. The van der Waals surface area contributed by atoms with Crippen LogP contribution in [0.1, 0.15) is 10.5 Å². The van der Waals surface area contributed by atoms with Crippen molar-refractivity contribution in [2.45, 2.75) is 0 Å². The third-order valence-electron chi connectivity index (χ3n) is 2.77. The molecule has 1 heterocycles. The molecule has 0 spiro atoms. The highest BCUT2D eigenvalue weighted by Gasteiger charge is 2.16. The van der Waals surface area contributed by atoms with Gasteiger partial charge in [-0.25, -0.2) is 17.5 Å². The molecule has 0 aliphatic carbocycles. The highest BCUT2D eigenvalue weighted by molar-refractivity contribution is 7.89. The fourth-order valence-corrected chi connectivity index (χ4v) is 2.31. The molecule has 2 rings (SSSR count). The number of halogens is 1. The van der Waals surface area contributed by atoms with E-state index < -0.39 is 15.9 Å². The zero-order valence-corrected chi connectivity index (χ0v) is 11.7. The van der Waals surface area contributed by atoms with Gasteiger partial charge >= 0.3 is 0 Å². The van der Waals surface area contributed by atoms with Gasteiger partial charge in [0.25, 0.3) is 5.91 Å². The van der Waals surface area contributed by atoms with Crippen molar-refractivity contribution in [1.82, 2.24) is 9.29 Å². The summed E-state index contributed by atoms with van der Waals surface area (Å²) in [5.74, 6) is -1.05. The molecule has 0 unspecified atom stereocenters. The Morgan fingerprint density at radius 1 is 1.15 bits per heavy atom. The Bertz CT molecular complexity index is 748. The number of carbonyl (C=O) groups is 1. The minimum atomic E-state index is -3.61. The first-order valence-electron chi connectivity index (χ1n) is 5.72. The van der Waals surface area contributed by atoms with Crippen molar-refractivity contribution >= 4 is 15.9 Å². The smallest absolute Gasteiger partial charge is 0.281 e. The molecule has 0 radical (unpaired) electrons. The Balaban J connectivity index is 2.36. The van der Waals surface area contributed by atoms with Crippen LogP contribution in [0, 0.1) is 5.82 Å². The quantitative estimate of drug-likeness (QED) is 0.933. The van der Waals surface area contributed by atoms with E-state index in [-0.39, 0.29) is 11.5 Å². The van der Waals surface area contributed by atoms with Gasteiger partial charge in [0.2, 0.25) is 10.0 Å². The maximum atomic E-state index is 12.9. The Hall–Kier alpha value is -2.15. The van der Waals surface area contributed by atoms with Crippen LogP contribution in [-0.2, 0) is 17.1 Å². The van der Waals surface area contributed by atoms with E-state index in [0.29, 0.717) is 5.69 Å². The highest BCUT2D eigenvalue weighted by Crippen LogP contribution is 2.21. The summed E-state index contributed by atoms with van der Waals surface area (Å²) in [6.07, 6.45) is 0.911. The number of benzene rings is 1. The topological polar surface area (TPSA) is 68.2 Å². The SMILES string of the molecule is Cn1c(C(=O)NS(C)(=O)=O)ccc1-c1ccc(F)cc1. The second-order valence-corrected chi connectivity index (χ2v) is 6.12. The van der Waals surface area contributed by atoms with Crippen LogP contribution in [0.3, 0.4) is 0 Å². The third kappa shape index (κ3) is 3.05. The Labute approximate surface area is 116 Å². The fraction of sp³-hybridized carbons (Fsp3) is 0.154. The lowest BCUT2D eigenvalue weighted by atomic mass is 10.1. The Morgan fingerprint density at radius 2 is 1.75 bits per heavy atom. The van der Waals surface area contributed by atoms with E-state index in [1.165, 1.54) is 18.2 Å². The van der Waals surface area contributed by atoms with E-state index >= 15 is 0 Å². The molecule has 0 saturated heterocycles. The monoisotopic (exact) mass is 296 g/mol. The van der Waals surface area contributed by atoms with Gasteiger partial charge in [0.05, 0.1) is 6.26 Å². The van der Waals surface area contributed by atoms with Gasteiger partial charge in [0.15, 0.2) is 0 Å². The second-order valence-electron chi connectivity index (χ2n) is 4.37. The standard InChI is InChI=1S/C13H13FN2O3S/c1-16-11(9-3-5-10(14)6-4-9)7-8-12(16)13(17)15-20(2,18)19/h3-8H,1-2H3,(H,15,17). The predicted octanol–water partition coefficient (Wildman–Crippen LogP) is 1.52. The maximum absolute atomic E-state index is 12.9. The van der Waals surface area contributed by atoms with Crippen LogP contribution in [-0.4, -0.2) is 25.1 Å². The normalized spacial score (nSPS) is 11.3. The van der Waals surface area contributed by atoms with Crippen molar-refractivity contribution in [3.8, 4) is 11.3 Å². The lowest BCUT2D eigenvalue weighted by Crippen LogP contribution is -2.30. The first-order valence-corrected chi connectivity index (χ1v) is 7.61. The minimum Gasteiger partial charge on any atom is -0.340 e. The molecular weight excluding hydrogens is 283 g/mol. The van der Waals surface area contributed by atoms with Crippen molar-refractivity contribution in [2.75, 3.05) is 6.26 Å². The Kier molecular flexibility index (Phi) is 3.63. The van der Waals surface area contributed by atoms with Crippen LogP contribution in [0.5, 0.6) is 0 Å². The van der Waals surface area contributed by atoms with E-state index in [2.05, 4.69) is 0 Å². The molecule has 0 bridgehead atoms. The molecule has 1 amide bonds. The summed E-state index contributed by atoms with van der Waals surface area (Å²) < 4.78 is 38.5. The average molecular weight is 296 g/mol. The first-order chi connectivity index (χ1) is 9.28. The summed E-state index contributed by atoms with van der Waals surface area (Å²) in [5.41, 5.74) is 1.62. The van der Waals surface area contributed by atoms with Gasteiger partial charge in [-0.05, 0) is 42.0 Å². The molecule has 7 heteroatoms. The van der Waals surface area contributed by atoms with Crippen LogP contribution in [0.2, 0.25) is 0 Å². The van der Waals surface area contributed by atoms with Gasteiger partial charge in [0.1, 0.15) is 11.5 Å². The highest BCUT2D eigenvalue weighted by atomic mass is 32.2. The predicted molar refractivity (Wildman–Crippen MR) is 73.1 cm³/mol. The number of amides is 1. The van der Waals surface area contributed by atoms with Crippen molar-refractivity contribution in [1.29, 1.82) is 0 Å². The molecule has 0 aliphatic rings. The Morgan fingerprint density at radius 3 is 2.30 bits per heavy atom. The van der Waals surface area contributed by atoms with E-state index in [0.717, 1.165) is 11.8 Å². The van der Waals surface area contributed by atoms with Crippen LogP contribution in [0.15, 0.2) is 36.4 Å². The molecule has 5 nitrogen and oxygen atoms in total. The lowest BCUT2D eigenvalue weighted by molar-refractivity contribution is 0.0974. The lowest BCUT2D eigenvalue weighted by Gasteiger charge is -2.08. The van der Waals surface area contributed by atoms with Crippen LogP contribution in [0.25, 0.3) is 11.3 Å². The number of sulfonamides is 1. The number of rotatable bonds is 3. The van der Waals surface area contributed by atoms with E-state index in [9.17, 15) is 17.6 Å². The van der Waals surface area contributed by atoms with Gasteiger partial charge in [-0.2, -0.15) is 0 Å². The number of hydrogen-bond donors (Lipinski definition) is 1. The molecule has 0 fully saturated rings.